The van der Waals surface area contributed by atoms with Crippen LogP contribution in [0.1, 0.15) is 37.9 Å². The van der Waals surface area contributed by atoms with Gasteiger partial charge in [-0.1, -0.05) is 29.8 Å². The van der Waals surface area contributed by atoms with Crippen molar-refractivity contribution in [3.05, 3.63) is 34.9 Å². The van der Waals surface area contributed by atoms with Crippen molar-refractivity contribution in [1.29, 1.82) is 0 Å². The van der Waals surface area contributed by atoms with Crippen molar-refractivity contribution in [1.82, 2.24) is 10.6 Å². The Morgan fingerprint density at radius 2 is 2.07 bits per heavy atom. The van der Waals surface area contributed by atoms with Crippen molar-refractivity contribution < 1.29 is 14.6 Å². The van der Waals surface area contributed by atoms with Crippen LogP contribution in [0.15, 0.2) is 29.3 Å². The van der Waals surface area contributed by atoms with Crippen LogP contribution in [0, 0.1) is 5.92 Å². The minimum absolute atomic E-state index is 0. The van der Waals surface area contributed by atoms with E-state index in [4.69, 9.17) is 21.1 Å². The first-order valence-corrected chi connectivity index (χ1v) is 10.2. The molecule has 1 fully saturated rings. The van der Waals surface area contributed by atoms with E-state index in [0.29, 0.717) is 22.5 Å². The number of nitrogens with zero attached hydrogens (tertiary/aromatic N) is 1. The number of rotatable bonds is 10. The van der Waals surface area contributed by atoms with Crippen LogP contribution in [-0.4, -0.2) is 57.1 Å². The smallest absolute Gasteiger partial charge is 0.191 e. The van der Waals surface area contributed by atoms with Crippen molar-refractivity contribution >= 4 is 41.5 Å². The second kappa shape index (κ2) is 15.3. The highest BCUT2D eigenvalue weighted by molar-refractivity contribution is 14.0. The molecule has 1 unspecified atom stereocenters. The maximum atomic E-state index is 10.3. The van der Waals surface area contributed by atoms with E-state index in [1.807, 2.05) is 25.1 Å². The molecule has 8 heteroatoms. The van der Waals surface area contributed by atoms with Gasteiger partial charge in [0, 0.05) is 50.1 Å². The van der Waals surface area contributed by atoms with E-state index in [1.54, 1.807) is 6.07 Å². The third kappa shape index (κ3) is 9.73. The summed E-state index contributed by atoms with van der Waals surface area (Å²) in [4.78, 5) is 4.45. The average Bonchev–Trinajstić information content (AvgIpc) is 2.69. The highest BCUT2D eigenvalue weighted by Gasteiger charge is 2.13. The maximum absolute atomic E-state index is 10.3. The van der Waals surface area contributed by atoms with Crippen molar-refractivity contribution in [3.63, 3.8) is 0 Å². The fourth-order valence-electron chi connectivity index (χ4n) is 2.91. The standard InChI is InChI=1S/C20H32ClN3O3.HI/c1-2-22-20(24-14-19(25)17-6-3-4-7-18(17)21)23-10-5-11-27-15-16-8-12-26-13-9-16;/h3-4,6-7,16,19,25H,2,5,8-15H2,1H3,(H2,22,23,24);1H. The maximum Gasteiger partial charge on any atom is 0.191 e. The predicted octanol–water partition coefficient (Wildman–Crippen LogP) is 3.38. The second-order valence-electron chi connectivity index (χ2n) is 6.67. The van der Waals surface area contributed by atoms with Gasteiger partial charge in [0.15, 0.2) is 5.96 Å². The SMILES string of the molecule is CCNC(=NCC(O)c1ccccc1Cl)NCCCOCC1CCOCC1.I. The van der Waals surface area contributed by atoms with Gasteiger partial charge in [-0.05, 0) is 38.2 Å². The van der Waals surface area contributed by atoms with Crippen molar-refractivity contribution in [3.8, 4) is 0 Å². The lowest BCUT2D eigenvalue weighted by Crippen LogP contribution is -2.38. The van der Waals surface area contributed by atoms with E-state index >= 15 is 0 Å². The van der Waals surface area contributed by atoms with Gasteiger partial charge in [0.2, 0.25) is 0 Å². The van der Waals surface area contributed by atoms with Crippen LogP contribution in [0.3, 0.4) is 0 Å². The summed E-state index contributed by atoms with van der Waals surface area (Å²) in [6.07, 6.45) is 2.38. The summed E-state index contributed by atoms with van der Waals surface area (Å²) in [6, 6.07) is 7.29. The van der Waals surface area contributed by atoms with Gasteiger partial charge in [-0.25, -0.2) is 0 Å². The molecule has 160 valence electrons. The third-order valence-corrected chi connectivity index (χ3v) is 4.83. The first-order chi connectivity index (χ1) is 13.2. The molecule has 0 amide bonds. The highest BCUT2D eigenvalue weighted by atomic mass is 127. The number of aliphatic hydroxyl groups is 1. The quantitative estimate of drug-likeness (QED) is 0.189. The molecule has 1 aliphatic heterocycles. The summed E-state index contributed by atoms with van der Waals surface area (Å²) in [5.74, 6) is 1.32. The lowest BCUT2D eigenvalue weighted by molar-refractivity contribution is 0.0203. The van der Waals surface area contributed by atoms with E-state index in [2.05, 4.69) is 15.6 Å². The number of benzene rings is 1. The Kier molecular flexibility index (Phi) is 13.9. The van der Waals surface area contributed by atoms with E-state index in [0.717, 1.165) is 58.8 Å². The number of aliphatic hydroxyl groups excluding tert-OH is 1. The summed E-state index contributed by atoms with van der Waals surface area (Å²) in [5.41, 5.74) is 0.695. The molecule has 0 aromatic heterocycles. The zero-order valence-electron chi connectivity index (χ0n) is 16.5. The number of halogens is 2. The van der Waals surface area contributed by atoms with Crippen molar-refractivity contribution in [2.75, 3.05) is 46.1 Å². The van der Waals surface area contributed by atoms with Crippen LogP contribution >= 0.6 is 35.6 Å². The van der Waals surface area contributed by atoms with Crippen LogP contribution in [0.2, 0.25) is 5.02 Å². The van der Waals surface area contributed by atoms with E-state index in [1.165, 1.54) is 0 Å². The molecule has 6 nitrogen and oxygen atoms in total. The number of hydrogen-bond acceptors (Lipinski definition) is 4. The normalized spacial score (nSPS) is 16.3. The Morgan fingerprint density at radius 1 is 1.32 bits per heavy atom. The molecule has 0 bridgehead atoms. The van der Waals surface area contributed by atoms with Gasteiger partial charge >= 0.3 is 0 Å². The van der Waals surface area contributed by atoms with Gasteiger partial charge in [0.05, 0.1) is 6.54 Å². The summed E-state index contributed by atoms with van der Waals surface area (Å²) in [6.45, 7) is 7.05. The van der Waals surface area contributed by atoms with Crippen LogP contribution in [0.4, 0.5) is 0 Å². The fraction of sp³-hybridized carbons (Fsp3) is 0.650. The Hall–Kier alpha value is -0.610. The molecular weight excluding hydrogens is 493 g/mol. The van der Waals surface area contributed by atoms with Gasteiger partial charge in [-0.2, -0.15) is 0 Å². The van der Waals surface area contributed by atoms with E-state index < -0.39 is 6.10 Å². The third-order valence-electron chi connectivity index (χ3n) is 4.48. The Labute approximate surface area is 190 Å². The summed E-state index contributed by atoms with van der Waals surface area (Å²) >= 11 is 6.12. The van der Waals surface area contributed by atoms with Gasteiger partial charge in [-0.3, -0.25) is 4.99 Å². The average molecular weight is 526 g/mol. The Bertz CT molecular complexity index is 571. The van der Waals surface area contributed by atoms with E-state index in [-0.39, 0.29) is 30.5 Å². The van der Waals surface area contributed by atoms with Crippen molar-refractivity contribution in [2.45, 2.75) is 32.3 Å². The number of ether oxygens (including phenoxy) is 2. The minimum Gasteiger partial charge on any atom is -0.386 e. The molecule has 0 radical (unpaired) electrons. The Balaban J connectivity index is 0.00000392. The molecule has 3 N–H and O–H groups in total. The predicted molar refractivity (Wildman–Crippen MR) is 125 cm³/mol. The zero-order valence-corrected chi connectivity index (χ0v) is 19.6. The summed E-state index contributed by atoms with van der Waals surface area (Å²) in [5, 5.41) is 17.3. The minimum atomic E-state index is -0.725. The number of aliphatic imine (C=N–C) groups is 1. The molecule has 0 spiro atoms. The zero-order chi connectivity index (χ0) is 19.3. The molecule has 0 saturated carbocycles. The van der Waals surface area contributed by atoms with Crippen LogP contribution in [0.5, 0.6) is 0 Å². The lowest BCUT2D eigenvalue weighted by atomic mass is 10.0. The van der Waals surface area contributed by atoms with Crippen LogP contribution < -0.4 is 10.6 Å². The Morgan fingerprint density at radius 3 is 2.79 bits per heavy atom. The van der Waals surface area contributed by atoms with Crippen molar-refractivity contribution in [2.24, 2.45) is 10.9 Å². The van der Waals surface area contributed by atoms with Gasteiger partial charge in [0.1, 0.15) is 6.10 Å². The number of guanidine groups is 1. The van der Waals surface area contributed by atoms with Gasteiger partial charge in [0.25, 0.3) is 0 Å². The molecule has 1 saturated heterocycles. The molecule has 1 aromatic carbocycles. The molecule has 28 heavy (non-hydrogen) atoms. The first kappa shape index (κ1) is 25.4. The molecular formula is C20H33ClIN3O3. The van der Waals surface area contributed by atoms with Crippen LogP contribution in [-0.2, 0) is 9.47 Å². The first-order valence-electron chi connectivity index (χ1n) is 9.80. The second-order valence-corrected chi connectivity index (χ2v) is 7.08. The summed E-state index contributed by atoms with van der Waals surface area (Å²) in [7, 11) is 0. The van der Waals surface area contributed by atoms with E-state index in [9.17, 15) is 5.11 Å². The topological polar surface area (TPSA) is 75.1 Å². The molecule has 1 aliphatic rings. The fourth-order valence-corrected chi connectivity index (χ4v) is 3.17. The van der Waals surface area contributed by atoms with Gasteiger partial charge < -0.3 is 25.2 Å². The highest BCUT2D eigenvalue weighted by Crippen LogP contribution is 2.22. The van der Waals surface area contributed by atoms with Gasteiger partial charge in [-0.15, -0.1) is 24.0 Å². The molecule has 1 atom stereocenters. The number of hydrogen-bond donors (Lipinski definition) is 3. The summed E-state index contributed by atoms with van der Waals surface area (Å²) < 4.78 is 11.1. The molecule has 1 heterocycles. The molecule has 2 rings (SSSR count). The number of nitrogens with one attached hydrogen (secondary N) is 2. The molecule has 0 aliphatic carbocycles. The largest absolute Gasteiger partial charge is 0.386 e. The monoisotopic (exact) mass is 525 g/mol. The van der Waals surface area contributed by atoms with Crippen LogP contribution in [0.25, 0.3) is 0 Å². The lowest BCUT2D eigenvalue weighted by Gasteiger charge is -2.21. The molecule has 1 aromatic rings.